The van der Waals surface area contributed by atoms with Gasteiger partial charge >= 0.3 is 0 Å². The van der Waals surface area contributed by atoms with Gasteiger partial charge in [-0.1, -0.05) is 6.07 Å². The third kappa shape index (κ3) is 3.81. The summed E-state index contributed by atoms with van der Waals surface area (Å²) < 4.78 is 18.4. The molecule has 0 aliphatic rings. The van der Waals surface area contributed by atoms with Gasteiger partial charge in [-0.2, -0.15) is 0 Å². The normalized spacial score (nSPS) is 12.8. The Labute approximate surface area is 94.0 Å². The van der Waals surface area contributed by atoms with Gasteiger partial charge in [0, 0.05) is 23.8 Å². The fourth-order valence-electron chi connectivity index (χ4n) is 1.15. The molecule has 0 fully saturated rings. The number of benzene rings is 1. The Balaban J connectivity index is 2.66. The molecule has 0 aliphatic carbocycles. The summed E-state index contributed by atoms with van der Waals surface area (Å²) in [5.41, 5.74) is 6.48. The molecule has 0 aliphatic heterocycles. The smallest absolute Gasteiger partial charge is 0.137 e. The fraction of sp³-hybridized carbons (Fsp3) is 0.455. The molecule has 2 N–H and O–H groups in total. The highest BCUT2D eigenvalue weighted by Gasteiger charge is 2.06. The van der Waals surface area contributed by atoms with Crippen molar-refractivity contribution in [2.24, 2.45) is 5.73 Å². The topological polar surface area (TPSA) is 35.2 Å². The van der Waals surface area contributed by atoms with Gasteiger partial charge in [-0.3, -0.25) is 0 Å². The van der Waals surface area contributed by atoms with Crippen molar-refractivity contribution in [1.82, 2.24) is 0 Å². The average molecular weight is 229 g/mol. The Morgan fingerprint density at radius 3 is 2.80 bits per heavy atom. The summed E-state index contributed by atoms with van der Waals surface area (Å²) in [5.74, 6) is 0.552. The predicted octanol–water partition coefficient (Wildman–Crippen LogP) is 2.58. The van der Waals surface area contributed by atoms with Gasteiger partial charge < -0.3 is 10.5 Å². The Bertz CT molecular complexity index is 317. The average Bonchev–Trinajstić information content (AvgIpc) is 2.20. The van der Waals surface area contributed by atoms with E-state index in [1.165, 1.54) is 17.8 Å². The molecular formula is C11H16FNOS. The summed E-state index contributed by atoms with van der Waals surface area (Å²) >= 11 is 1.45. The molecule has 0 spiro atoms. The Hall–Kier alpha value is -0.580. The van der Waals surface area contributed by atoms with Crippen LogP contribution in [0, 0.1) is 5.82 Å². The maximum Gasteiger partial charge on any atom is 0.137 e. The lowest BCUT2D eigenvalue weighted by Crippen LogP contribution is -2.05. The van der Waals surface area contributed by atoms with Crippen LogP contribution in [0.25, 0.3) is 0 Å². The monoisotopic (exact) mass is 229 g/mol. The molecule has 84 valence electrons. The molecule has 0 aromatic heterocycles. The number of ether oxygens (including phenoxy) is 1. The van der Waals surface area contributed by atoms with Gasteiger partial charge in [-0.05, 0) is 24.6 Å². The maximum atomic E-state index is 13.5. The molecule has 1 atom stereocenters. The molecule has 0 saturated carbocycles. The lowest BCUT2D eigenvalue weighted by molar-refractivity contribution is 0.218. The highest BCUT2D eigenvalue weighted by molar-refractivity contribution is 7.99. The van der Waals surface area contributed by atoms with Crippen LogP contribution in [0.3, 0.4) is 0 Å². The Kier molecular flexibility index (Phi) is 5.08. The van der Waals surface area contributed by atoms with E-state index in [0.29, 0.717) is 11.5 Å². The molecule has 2 nitrogen and oxygen atoms in total. The van der Waals surface area contributed by atoms with Crippen molar-refractivity contribution in [2.75, 3.05) is 19.5 Å². The number of nitrogens with two attached hydrogens (primary N) is 1. The molecule has 4 heteroatoms. The summed E-state index contributed by atoms with van der Waals surface area (Å²) in [6.07, 6.45) is 0. The van der Waals surface area contributed by atoms with Crippen molar-refractivity contribution in [3.63, 3.8) is 0 Å². The highest BCUT2D eigenvalue weighted by atomic mass is 32.2. The second-order valence-corrected chi connectivity index (χ2v) is 4.46. The van der Waals surface area contributed by atoms with E-state index in [2.05, 4.69) is 0 Å². The quantitative estimate of drug-likeness (QED) is 0.622. The van der Waals surface area contributed by atoms with Crippen LogP contribution in [0.1, 0.15) is 18.5 Å². The van der Waals surface area contributed by atoms with E-state index in [9.17, 15) is 4.39 Å². The summed E-state index contributed by atoms with van der Waals surface area (Å²) in [5, 5.41) is 0. The zero-order valence-corrected chi connectivity index (χ0v) is 9.81. The van der Waals surface area contributed by atoms with Gasteiger partial charge in [0.05, 0.1) is 6.61 Å². The molecule has 15 heavy (non-hydrogen) atoms. The molecule has 0 saturated heterocycles. The van der Waals surface area contributed by atoms with Crippen molar-refractivity contribution >= 4 is 11.8 Å². The van der Waals surface area contributed by atoms with Crippen molar-refractivity contribution in [3.8, 4) is 0 Å². The first-order valence-corrected chi connectivity index (χ1v) is 5.80. The van der Waals surface area contributed by atoms with Gasteiger partial charge in [0.1, 0.15) is 5.82 Å². The van der Waals surface area contributed by atoms with Crippen LogP contribution in [-0.2, 0) is 4.74 Å². The first-order valence-electron chi connectivity index (χ1n) is 4.82. The van der Waals surface area contributed by atoms with E-state index in [0.717, 1.165) is 11.3 Å². The van der Waals surface area contributed by atoms with E-state index in [1.807, 2.05) is 13.0 Å². The first kappa shape index (κ1) is 12.5. The fourth-order valence-corrected chi connectivity index (χ4v) is 1.98. The van der Waals surface area contributed by atoms with Gasteiger partial charge in [0.2, 0.25) is 0 Å². The SMILES string of the molecule is COCCSc1ccc([C@@H](C)N)cc1F. The second-order valence-electron chi connectivity index (χ2n) is 3.32. The van der Waals surface area contributed by atoms with Crippen molar-refractivity contribution in [1.29, 1.82) is 0 Å². The van der Waals surface area contributed by atoms with E-state index < -0.39 is 0 Å². The number of halogens is 1. The molecule has 0 amide bonds. The molecule has 0 radical (unpaired) electrons. The summed E-state index contributed by atoms with van der Waals surface area (Å²) in [6.45, 7) is 2.46. The Morgan fingerprint density at radius 1 is 1.53 bits per heavy atom. The largest absolute Gasteiger partial charge is 0.384 e. The third-order valence-electron chi connectivity index (χ3n) is 2.03. The summed E-state index contributed by atoms with van der Waals surface area (Å²) in [6, 6.07) is 5.01. The molecular weight excluding hydrogens is 213 g/mol. The number of methoxy groups -OCH3 is 1. The van der Waals surface area contributed by atoms with Gasteiger partial charge in [-0.15, -0.1) is 11.8 Å². The first-order chi connectivity index (χ1) is 7.15. The summed E-state index contributed by atoms with van der Waals surface area (Å²) in [7, 11) is 1.64. The van der Waals surface area contributed by atoms with Crippen LogP contribution in [0.5, 0.6) is 0 Å². The zero-order valence-electron chi connectivity index (χ0n) is 9.00. The van der Waals surface area contributed by atoms with Crippen LogP contribution in [0.15, 0.2) is 23.1 Å². The zero-order chi connectivity index (χ0) is 11.3. The van der Waals surface area contributed by atoms with Gasteiger partial charge in [0.25, 0.3) is 0 Å². The minimum Gasteiger partial charge on any atom is -0.384 e. The third-order valence-corrected chi connectivity index (χ3v) is 3.04. The van der Waals surface area contributed by atoms with E-state index >= 15 is 0 Å². The molecule has 0 heterocycles. The van der Waals surface area contributed by atoms with Crippen molar-refractivity contribution in [3.05, 3.63) is 29.6 Å². The van der Waals surface area contributed by atoms with Crippen LogP contribution in [0.2, 0.25) is 0 Å². The van der Waals surface area contributed by atoms with E-state index in [1.54, 1.807) is 13.2 Å². The minimum atomic E-state index is -0.203. The molecule has 1 aromatic carbocycles. The standard InChI is InChI=1S/C11H16FNOS/c1-8(13)9-3-4-11(10(12)7-9)15-6-5-14-2/h3-4,7-8H,5-6,13H2,1-2H3/t8-/m1/s1. The second kappa shape index (κ2) is 6.10. The maximum absolute atomic E-state index is 13.5. The molecule has 0 unspecified atom stereocenters. The molecule has 1 aromatic rings. The van der Waals surface area contributed by atoms with Crippen molar-refractivity contribution < 1.29 is 9.13 Å². The van der Waals surface area contributed by atoms with Gasteiger partial charge in [-0.25, -0.2) is 4.39 Å². The number of hydrogen-bond donors (Lipinski definition) is 1. The Morgan fingerprint density at radius 2 is 2.27 bits per heavy atom. The van der Waals surface area contributed by atoms with Crippen LogP contribution in [0.4, 0.5) is 4.39 Å². The number of hydrogen-bond acceptors (Lipinski definition) is 3. The number of rotatable bonds is 5. The summed E-state index contributed by atoms with van der Waals surface area (Å²) in [4.78, 5) is 0.649. The molecule has 0 bridgehead atoms. The molecule has 1 rings (SSSR count). The van der Waals surface area contributed by atoms with Crippen LogP contribution >= 0.6 is 11.8 Å². The minimum absolute atomic E-state index is 0.127. The lowest BCUT2D eigenvalue weighted by atomic mass is 10.1. The van der Waals surface area contributed by atoms with Gasteiger partial charge in [0.15, 0.2) is 0 Å². The lowest BCUT2D eigenvalue weighted by Gasteiger charge is -2.08. The van der Waals surface area contributed by atoms with Crippen LogP contribution in [-0.4, -0.2) is 19.5 Å². The van der Waals surface area contributed by atoms with Crippen LogP contribution < -0.4 is 5.73 Å². The van der Waals surface area contributed by atoms with E-state index in [-0.39, 0.29) is 11.9 Å². The number of thioether (sulfide) groups is 1. The highest BCUT2D eigenvalue weighted by Crippen LogP contribution is 2.24. The van der Waals surface area contributed by atoms with E-state index in [4.69, 9.17) is 10.5 Å². The predicted molar refractivity (Wildman–Crippen MR) is 61.6 cm³/mol. The van der Waals surface area contributed by atoms with Crippen molar-refractivity contribution in [2.45, 2.75) is 17.9 Å².